The van der Waals surface area contributed by atoms with Gasteiger partial charge in [-0.2, -0.15) is 0 Å². The van der Waals surface area contributed by atoms with Crippen LogP contribution < -0.4 is 16.3 Å². The van der Waals surface area contributed by atoms with E-state index in [0.717, 1.165) is 29.3 Å². The molecule has 1 fully saturated rings. The number of aliphatic hydroxyl groups is 1. The van der Waals surface area contributed by atoms with Crippen molar-refractivity contribution >= 4 is 16.6 Å². The van der Waals surface area contributed by atoms with Crippen molar-refractivity contribution in [2.24, 2.45) is 17.5 Å². The Hall–Kier alpha value is -4.08. The number of ether oxygens (including phenoxy) is 1. The van der Waals surface area contributed by atoms with Gasteiger partial charge in [-0.3, -0.25) is 4.98 Å². The number of aromatic nitrogens is 2. The molecule has 0 amide bonds. The number of methoxy groups -OCH3 is 1. The molecule has 1 saturated carbocycles. The van der Waals surface area contributed by atoms with Crippen molar-refractivity contribution in [3.8, 4) is 17.0 Å². The van der Waals surface area contributed by atoms with Gasteiger partial charge in [-0.05, 0) is 81.1 Å². The number of nitrogens with zero attached hydrogens (tertiary/aromatic N) is 3. The zero-order chi connectivity index (χ0) is 28.6. The molecule has 0 saturated heterocycles. The molecular formula is C31H33F2N5O2. The molecule has 5 N–H and O–H groups in total. The number of hydrazine groups is 1. The van der Waals surface area contributed by atoms with E-state index in [0.29, 0.717) is 35.2 Å². The van der Waals surface area contributed by atoms with Crippen molar-refractivity contribution in [3.05, 3.63) is 95.4 Å². The highest BCUT2D eigenvalue weighted by Gasteiger charge is 2.36. The van der Waals surface area contributed by atoms with Gasteiger partial charge in [-0.25, -0.2) is 19.6 Å². The first-order chi connectivity index (χ1) is 19.0. The number of pyridine rings is 2. The molecule has 0 aliphatic heterocycles. The number of hydrogen-bond donors (Lipinski definition) is 3. The lowest BCUT2D eigenvalue weighted by atomic mass is 9.90. The Kier molecular flexibility index (Phi) is 7.44. The molecule has 1 aliphatic carbocycles. The first-order valence-corrected chi connectivity index (χ1v) is 13.2. The Balaban J connectivity index is 1.49. The van der Waals surface area contributed by atoms with Crippen LogP contribution >= 0.6 is 0 Å². The molecular weight excluding hydrogens is 512 g/mol. The van der Waals surface area contributed by atoms with Crippen LogP contribution in [0.3, 0.4) is 0 Å². The minimum absolute atomic E-state index is 0.0655. The molecule has 40 heavy (non-hydrogen) atoms. The summed E-state index contributed by atoms with van der Waals surface area (Å²) in [5, 5.41) is 13.2. The highest BCUT2D eigenvalue weighted by Crippen LogP contribution is 2.44. The van der Waals surface area contributed by atoms with Crippen LogP contribution in [-0.2, 0) is 5.60 Å². The second-order valence-corrected chi connectivity index (χ2v) is 10.8. The number of fused-ring (bicyclic) bond motifs is 1. The van der Waals surface area contributed by atoms with Crippen molar-refractivity contribution < 1.29 is 18.6 Å². The summed E-state index contributed by atoms with van der Waals surface area (Å²) in [6.07, 6.45) is 5.33. The Morgan fingerprint density at radius 3 is 2.55 bits per heavy atom. The number of benzene rings is 2. The third kappa shape index (κ3) is 5.76. The van der Waals surface area contributed by atoms with Crippen molar-refractivity contribution in [2.45, 2.75) is 38.2 Å². The zero-order valence-corrected chi connectivity index (χ0v) is 22.7. The molecule has 0 radical (unpaired) electrons. The van der Waals surface area contributed by atoms with E-state index < -0.39 is 17.2 Å². The summed E-state index contributed by atoms with van der Waals surface area (Å²) in [6, 6.07) is 14.6. The van der Waals surface area contributed by atoms with E-state index in [4.69, 9.17) is 16.3 Å². The predicted molar refractivity (Wildman–Crippen MR) is 152 cm³/mol. The van der Waals surface area contributed by atoms with Crippen molar-refractivity contribution in [2.75, 3.05) is 13.7 Å². The second-order valence-electron chi connectivity index (χ2n) is 10.8. The molecule has 4 aromatic rings. The highest BCUT2D eigenvalue weighted by molar-refractivity contribution is 5.88. The van der Waals surface area contributed by atoms with Crippen molar-refractivity contribution in [1.29, 1.82) is 0 Å². The van der Waals surface area contributed by atoms with E-state index in [2.05, 4.69) is 9.97 Å². The first-order valence-electron chi connectivity index (χ1n) is 13.2. The Morgan fingerprint density at radius 1 is 1.18 bits per heavy atom. The summed E-state index contributed by atoms with van der Waals surface area (Å²) in [4.78, 5) is 9.07. The SMILES string of the molecule is COc1cc(/C(N)=C/N(N)CC(c2cc(C(C)(C)O)c(F)c(-c3ccc(F)cc3)n2)C2CC2)cc2cccnc12. The number of halogens is 2. The lowest BCUT2D eigenvalue weighted by Crippen LogP contribution is -2.32. The first kappa shape index (κ1) is 27.5. The molecule has 2 aromatic heterocycles. The normalized spacial score (nSPS) is 14.8. The van der Waals surface area contributed by atoms with Gasteiger partial charge in [0, 0.05) is 52.6 Å². The third-order valence-electron chi connectivity index (χ3n) is 7.26. The Labute approximate surface area is 232 Å². The van der Waals surface area contributed by atoms with Crippen LogP contribution in [0, 0.1) is 17.6 Å². The molecule has 208 valence electrons. The van der Waals surface area contributed by atoms with Gasteiger partial charge in [0.25, 0.3) is 0 Å². The van der Waals surface area contributed by atoms with Crippen LogP contribution in [0.25, 0.3) is 27.9 Å². The molecule has 0 spiro atoms. The maximum absolute atomic E-state index is 15.6. The summed E-state index contributed by atoms with van der Waals surface area (Å²) in [5.41, 5.74) is 8.15. The topological polar surface area (TPSA) is 111 Å². The Morgan fingerprint density at radius 2 is 1.90 bits per heavy atom. The molecule has 2 aromatic carbocycles. The standard InChI is InChI=1S/C31H33F2N5O2/c1-31(2,39)24-15-26(37-30(28(24)33)19-8-10-22(32)11-9-19)23(18-6-7-18)16-38(35)17-25(34)21-13-20-5-4-12-36-29(20)27(14-21)40-3/h4-5,8-15,17-18,23,39H,6-7,16,34-35H2,1-3H3/b25-17-. The van der Waals surface area contributed by atoms with Crippen molar-refractivity contribution in [1.82, 2.24) is 15.0 Å². The zero-order valence-electron chi connectivity index (χ0n) is 22.7. The molecule has 9 heteroatoms. The number of rotatable bonds is 9. The molecule has 2 heterocycles. The summed E-state index contributed by atoms with van der Waals surface area (Å²) in [7, 11) is 1.58. The lowest BCUT2D eigenvalue weighted by molar-refractivity contribution is 0.0743. The maximum Gasteiger partial charge on any atom is 0.155 e. The molecule has 5 rings (SSSR count). The maximum atomic E-state index is 15.6. The largest absolute Gasteiger partial charge is 0.494 e. The van der Waals surface area contributed by atoms with Gasteiger partial charge in [-0.15, -0.1) is 0 Å². The number of nitrogens with two attached hydrogens (primary N) is 2. The smallest absolute Gasteiger partial charge is 0.155 e. The minimum Gasteiger partial charge on any atom is -0.494 e. The summed E-state index contributed by atoms with van der Waals surface area (Å²) in [6.45, 7) is 3.42. The van der Waals surface area contributed by atoms with Gasteiger partial charge in [0.15, 0.2) is 5.82 Å². The van der Waals surface area contributed by atoms with Crippen LogP contribution in [0.1, 0.15) is 49.4 Å². The fourth-order valence-electron chi connectivity index (χ4n) is 4.98. The van der Waals surface area contributed by atoms with E-state index in [1.807, 2.05) is 24.3 Å². The lowest BCUT2D eigenvalue weighted by Gasteiger charge is -2.26. The van der Waals surface area contributed by atoms with E-state index in [-0.39, 0.29) is 17.2 Å². The molecule has 7 nitrogen and oxygen atoms in total. The van der Waals surface area contributed by atoms with E-state index in [9.17, 15) is 9.50 Å². The predicted octanol–water partition coefficient (Wildman–Crippen LogP) is 5.44. The molecule has 1 aliphatic rings. The Bertz CT molecular complexity index is 1560. The molecule has 0 bridgehead atoms. The average molecular weight is 546 g/mol. The quantitative estimate of drug-likeness (QED) is 0.190. The van der Waals surface area contributed by atoms with Gasteiger partial charge < -0.3 is 20.6 Å². The van der Waals surface area contributed by atoms with E-state index >= 15 is 4.39 Å². The van der Waals surface area contributed by atoms with Crippen LogP contribution in [0.2, 0.25) is 0 Å². The minimum atomic E-state index is -1.46. The summed E-state index contributed by atoms with van der Waals surface area (Å²) < 4.78 is 34.7. The number of hydrogen-bond acceptors (Lipinski definition) is 7. The molecule has 1 atom stereocenters. The summed E-state index contributed by atoms with van der Waals surface area (Å²) in [5.74, 6) is 6.15. The molecule has 1 unspecified atom stereocenters. The van der Waals surface area contributed by atoms with Crippen molar-refractivity contribution in [3.63, 3.8) is 0 Å². The van der Waals surface area contributed by atoms with E-state index in [1.165, 1.54) is 43.1 Å². The average Bonchev–Trinajstić information content (AvgIpc) is 3.76. The second kappa shape index (κ2) is 10.8. The van der Waals surface area contributed by atoms with Gasteiger partial charge in [0.1, 0.15) is 22.8 Å². The highest BCUT2D eigenvalue weighted by atomic mass is 19.1. The summed E-state index contributed by atoms with van der Waals surface area (Å²) >= 11 is 0. The van der Waals surface area contributed by atoms with E-state index in [1.54, 1.807) is 25.6 Å². The monoisotopic (exact) mass is 545 g/mol. The fraction of sp³-hybridized carbons (Fsp3) is 0.290. The van der Waals surface area contributed by atoms with Gasteiger partial charge in [0.2, 0.25) is 0 Å². The van der Waals surface area contributed by atoms with Gasteiger partial charge in [-0.1, -0.05) is 6.07 Å². The van der Waals surface area contributed by atoms with Gasteiger partial charge in [0.05, 0.1) is 18.4 Å². The van der Waals surface area contributed by atoms with Gasteiger partial charge >= 0.3 is 0 Å². The van der Waals surface area contributed by atoms with Crippen LogP contribution in [0.4, 0.5) is 8.78 Å². The van der Waals surface area contributed by atoms with Crippen LogP contribution in [-0.4, -0.2) is 33.7 Å². The van der Waals surface area contributed by atoms with Crippen LogP contribution in [0.15, 0.2) is 67.0 Å². The fourth-order valence-corrected chi connectivity index (χ4v) is 4.98. The van der Waals surface area contributed by atoms with Crippen LogP contribution in [0.5, 0.6) is 5.75 Å². The third-order valence-corrected chi connectivity index (χ3v) is 7.26.